The molecule has 0 saturated heterocycles. The number of nitrogens with two attached hydrogens (primary N) is 1. The maximum atomic E-state index is 12.5. The van der Waals surface area contributed by atoms with Crippen molar-refractivity contribution in [3.63, 3.8) is 0 Å². The number of sulfonamides is 1. The van der Waals surface area contributed by atoms with Gasteiger partial charge in [-0.05, 0) is 37.3 Å². The maximum absolute atomic E-state index is 12.5. The molecule has 2 rings (SSSR count). The molecule has 0 aliphatic heterocycles. The molecule has 2 aromatic rings. The summed E-state index contributed by atoms with van der Waals surface area (Å²) in [6, 6.07) is 8.71. The number of amides is 1. The molecule has 140 valence electrons. The van der Waals surface area contributed by atoms with Crippen LogP contribution in [0, 0.1) is 0 Å². The second kappa shape index (κ2) is 7.94. The van der Waals surface area contributed by atoms with Crippen molar-refractivity contribution in [1.29, 1.82) is 0 Å². The lowest BCUT2D eigenvalue weighted by molar-refractivity contribution is 0.0939. The fourth-order valence-electron chi connectivity index (χ4n) is 2.40. The molecule has 26 heavy (non-hydrogen) atoms. The number of benzene rings is 2. The highest BCUT2D eigenvalue weighted by Gasteiger charge is 2.19. The fraction of sp³-hybridized carbons (Fsp3) is 0.235. The van der Waals surface area contributed by atoms with Gasteiger partial charge in [0.2, 0.25) is 10.0 Å². The first-order chi connectivity index (χ1) is 12.2. The van der Waals surface area contributed by atoms with Crippen LogP contribution < -0.4 is 19.9 Å². The van der Waals surface area contributed by atoms with Gasteiger partial charge in [-0.25, -0.2) is 13.6 Å². The first kappa shape index (κ1) is 20.0. The summed E-state index contributed by atoms with van der Waals surface area (Å²) in [6.45, 7) is 1.78. The van der Waals surface area contributed by atoms with Gasteiger partial charge in [-0.2, -0.15) is 0 Å². The average Bonchev–Trinajstić information content (AvgIpc) is 2.60. The Morgan fingerprint density at radius 3 is 2.42 bits per heavy atom. The van der Waals surface area contributed by atoms with Gasteiger partial charge in [0.25, 0.3) is 5.91 Å². The smallest absolute Gasteiger partial charge is 0.251 e. The van der Waals surface area contributed by atoms with Crippen molar-refractivity contribution in [1.82, 2.24) is 5.32 Å². The normalized spacial score (nSPS) is 12.3. The fourth-order valence-corrected chi connectivity index (χ4v) is 3.47. The molecule has 3 N–H and O–H groups in total. The Hall–Kier alpha value is -2.29. The lowest BCUT2D eigenvalue weighted by Crippen LogP contribution is -2.27. The Labute approximate surface area is 157 Å². The number of carbonyl (C=O) groups excluding carboxylic acids is 1. The molecular formula is C17H19ClN2O5S. The van der Waals surface area contributed by atoms with Crippen molar-refractivity contribution < 1.29 is 22.7 Å². The van der Waals surface area contributed by atoms with E-state index in [0.29, 0.717) is 11.5 Å². The van der Waals surface area contributed by atoms with Crippen molar-refractivity contribution in [2.24, 2.45) is 5.14 Å². The van der Waals surface area contributed by atoms with Crippen molar-refractivity contribution >= 4 is 27.5 Å². The molecule has 0 aliphatic carbocycles. The van der Waals surface area contributed by atoms with E-state index in [2.05, 4.69) is 5.32 Å². The van der Waals surface area contributed by atoms with Gasteiger partial charge in [0.1, 0.15) is 16.4 Å². The Morgan fingerprint density at radius 1 is 1.15 bits per heavy atom. The zero-order valence-electron chi connectivity index (χ0n) is 14.4. The Balaban J connectivity index is 2.28. The summed E-state index contributed by atoms with van der Waals surface area (Å²) in [5.41, 5.74) is 0.861. The first-order valence-corrected chi connectivity index (χ1v) is 9.45. The van der Waals surface area contributed by atoms with E-state index in [-0.39, 0.29) is 15.5 Å². The zero-order valence-corrected chi connectivity index (χ0v) is 16.0. The quantitative estimate of drug-likeness (QED) is 0.777. The molecule has 0 saturated carbocycles. The van der Waals surface area contributed by atoms with Gasteiger partial charge < -0.3 is 14.8 Å². The second-order valence-corrected chi connectivity index (χ2v) is 7.43. The molecule has 0 unspecified atom stereocenters. The number of primary sulfonamides is 1. The summed E-state index contributed by atoms with van der Waals surface area (Å²) in [7, 11) is -0.971. The number of rotatable bonds is 6. The molecule has 0 heterocycles. The minimum absolute atomic E-state index is 0.0473. The third kappa shape index (κ3) is 4.46. The van der Waals surface area contributed by atoms with E-state index in [1.54, 1.807) is 32.2 Å². The molecule has 0 aromatic heterocycles. The highest BCUT2D eigenvalue weighted by Crippen LogP contribution is 2.29. The highest BCUT2D eigenvalue weighted by molar-refractivity contribution is 7.89. The third-order valence-corrected chi connectivity index (χ3v) is 5.15. The van der Waals surface area contributed by atoms with Gasteiger partial charge in [-0.15, -0.1) is 0 Å². The predicted octanol–water partition coefficient (Wildman–Crippen LogP) is 2.50. The van der Waals surface area contributed by atoms with E-state index in [0.717, 1.165) is 11.6 Å². The van der Waals surface area contributed by atoms with E-state index >= 15 is 0 Å². The topological polar surface area (TPSA) is 108 Å². The van der Waals surface area contributed by atoms with Gasteiger partial charge in [-0.3, -0.25) is 4.79 Å². The van der Waals surface area contributed by atoms with Crippen LogP contribution in [0.3, 0.4) is 0 Å². The Morgan fingerprint density at radius 2 is 1.85 bits per heavy atom. The lowest BCUT2D eigenvalue weighted by Gasteiger charge is -2.18. The largest absolute Gasteiger partial charge is 0.497 e. The second-order valence-electron chi connectivity index (χ2n) is 5.49. The van der Waals surface area contributed by atoms with Crippen LogP contribution in [0.2, 0.25) is 5.02 Å². The van der Waals surface area contributed by atoms with E-state index in [4.69, 9.17) is 26.2 Å². The average molecular weight is 399 g/mol. The summed E-state index contributed by atoms with van der Waals surface area (Å²) in [6.07, 6.45) is 0. The summed E-state index contributed by atoms with van der Waals surface area (Å²) < 4.78 is 33.6. The van der Waals surface area contributed by atoms with Gasteiger partial charge in [0.05, 0.1) is 25.3 Å². The van der Waals surface area contributed by atoms with E-state index in [9.17, 15) is 13.2 Å². The van der Waals surface area contributed by atoms with Crippen LogP contribution in [0.1, 0.15) is 28.9 Å². The first-order valence-electron chi connectivity index (χ1n) is 7.52. The van der Waals surface area contributed by atoms with Crippen molar-refractivity contribution in [3.05, 3.63) is 52.5 Å². The molecule has 1 atom stereocenters. The summed E-state index contributed by atoms with van der Waals surface area (Å²) in [5, 5.41) is 7.85. The minimum atomic E-state index is -4.03. The maximum Gasteiger partial charge on any atom is 0.251 e. The summed E-state index contributed by atoms with van der Waals surface area (Å²) in [4.78, 5) is 12.2. The van der Waals surface area contributed by atoms with Crippen LogP contribution in [-0.2, 0) is 10.0 Å². The standard InChI is InChI=1S/C17H19ClN2O5S/c1-10(13-6-5-12(24-2)9-15(13)25-3)20-17(21)11-4-7-14(18)16(8-11)26(19,22)23/h4-10H,1-3H3,(H,20,21)(H2,19,22,23)/t10-/m0/s1. The van der Waals surface area contributed by atoms with Crippen molar-refractivity contribution in [2.45, 2.75) is 17.9 Å². The Kier molecular flexibility index (Phi) is 6.12. The minimum Gasteiger partial charge on any atom is -0.497 e. The molecule has 9 heteroatoms. The van der Waals surface area contributed by atoms with E-state index in [1.165, 1.54) is 19.2 Å². The number of ether oxygens (including phenoxy) is 2. The van der Waals surface area contributed by atoms with Crippen LogP contribution in [0.15, 0.2) is 41.3 Å². The number of nitrogens with one attached hydrogen (secondary N) is 1. The molecule has 0 aliphatic rings. The highest BCUT2D eigenvalue weighted by atomic mass is 35.5. The number of carbonyl (C=O) groups is 1. The van der Waals surface area contributed by atoms with Gasteiger partial charge in [-0.1, -0.05) is 11.6 Å². The molecule has 0 spiro atoms. The number of methoxy groups -OCH3 is 2. The number of hydrogen-bond donors (Lipinski definition) is 2. The van der Waals surface area contributed by atoms with Crippen LogP contribution in [0.4, 0.5) is 0 Å². The third-order valence-electron chi connectivity index (χ3n) is 3.75. The lowest BCUT2D eigenvalue weighted by atomic mass is 10.1. The molecule has 2 aromatic carbocycles. The van der Waals surface area contributed by atoms with Crippen LogP contribution in [0.5, 0.6) is 11.5 Å². The number of halogens is 1. The molecular weight excluding hydrogens is 380 g/mol. The van der Waals surface area contributed by atoms with Gasteiger partial charge in [0.15, 0.2) is 0 Å². The van der Waals surface area contributed by atoms with Gasteiger partial charge >= 0.3 is 0 Å². The SMILES string of the molecule is COc1ccc([C@H](C)NC(=O)c2ccc(Cl)c(S(N)(=O)=O)c2)c(OC)c1. The molecule has 0 radical (unpaired) electrons. The molecule has 0 fully saturated rings. The zero-order chi connectivity index (χ0) is 19.5. The molecule has 0 bridgehead atoms. The van der Waals surface area contributed by atoms with Crippen LogP contribution in [-0.4, -0.2) is 28.5 Å². The predicted molar refractivity (Wildman–Crippen MR) is 98.3 cm³/mol. The number of hydrogen-bond acceptors (Lipinski definition) is 5. The Bertz CT molecular complexity index is 931. The van der Waals surface area contributed by atoms with Crippen molar-refractivity contribution in [3.8, 4) is 11.5 Å². The van der Waals surface area contributed by atoms with Crippen LogP contribution in [0.25, 0.3) is 0 Å². The van der Waals surface area contributed by atoms with Crippen molar-refractivity contribution in [2.75, 3.05) is 14.2 Å². The van der Waals surface area contributed by atoms with Gasteiger partial charge in [0, 0.05) is 17.2 Å². The van der Waals surface area contributed by atoms with E-state index in [1.807, 2.05) is 0 Å². The summed E-state index contributed by atoms with van der Waals surface area (Å²) in [5.74, 6) is 0.704. The summed E-state index contributed by atoms with van der Waals surface area (Å²) >= 11 is 5.84. The van der Waals surface area contributed by atoms with E-state index < -0.39 is 22.0 Å². The monoisotopic (exact) mass is 398 g/mol. The van der Waals surface area contributed by atoms with Crippen LogP contribution >= 0.6 is 11.6 Å². The molecule has 7 nitrogen and oxygen atoms in total. The molecule has 1 amide bonds.